The van der Waals surface area contributed by atoms with E-state index in [1.807, 2.05) is 44.5 Å². The molecule has 0 amide bonds. The maximum atomic E-state index is 12.5. The third-order valence-electron chi connectivity index (χ3n) is 4.04. The summed E-state index contributed by atoms with van der Waals surface area (Å²) < 4.78 is 5.28. The highest BCUT2D eigenvalue weighted by Crippen LogP contribution is 2.41. The van der Waals surface area contributed by atoms with Crippen LogP contribution in [-0.2, 0) is 9.53 Å². The lowest BCUT2D eigenvalue weighted by molar-refractivity contribution is -0.139. The summed E-state index contributed by atoms with van der Waals surface area (Å²) in [6.45, 7) is 4.04. The number of fused-ring (bicyclic) bond motifs is 1. The van der Waals surface area contributed by atoms with Gasteiger partial charge in [0.25, 0.3) is 0 Å². The summed E-state index contributed by atoms with van der Waals surface area (Å²) in [6.07, 6.45) is 1.97. The number of allylic oxidation sites excluding steroid dienone is 1. The van der Waals surface area contributed by atoms with Crippen molar-refractivity contribution >= 4 is 28.6 Å². The lowest BCUT2D eigenvalue weighted by atomic mass is 9.94. The quantitative estimate of drug-likeness (QED) is 0.783. The molecule has 2 aliphatic heterocycles. The van der Waals surface area contributed by atoms with Crippen molar-refractivity contribution in [3.63, 3.8) is 0 Å². The fraction of sp³-hybridized carbons (Fsp3) is 0.333. The topological polar surface area (TPSA) is 45.1 Å². The number of benzene rings is 1. The van der Waals surface area contributed by atoms with Crippen molar-refractivity contribution in [2.45, 2.75) is 19.9 Å². The Morgan fingerprint density at radius 2 is 2.04 bits per heavy atom. The molecule has 0 aromatic heterocycles. The SMILES string of the molecule is CCOC(=O)C1=C(C)N=C2SC=CN2C1c1ccc(N(C)C)cc1. The predicted molar refractivity (Wildman–Crippen MR) is 98.8 cm³/mol. The van der Waals surface area contributed by atoms with Crippen molar-refractivity contribution < 1.29 is 9.53 Å². The summed E-state index contributed by atoms with van der Waals surface area (Å²) in [5.74, 6) is -0.301. The van der Waals surface area contributed by atoms with E-state index in [1.165, 1.54) is 0 Å². The summed E-state index contributed by atoms with van der Waals surface area (Å²) >= 11 is 1.56. The van der Waals surface area contributed by atoms with Crippen molar-refractivity contribution in [2.24, 2.45) is 4.99 Å². The number of esters is 1. The maximum absolute atomic E-state index is 12.5. The molecule has 1 unspecified atom stereocenters. The van der Waals surface area contributed by atoms with Gasteiger partial charge in [0.15, 0.2) is 5.17 Å². The number of rotatable bonds is 4. The zero-order valence-corrected chi connectivity index (χ0v) is 15.1. The summed E-state index contributed by atoms with van der Waals surface area (Å²) in [6, 6.07) is 8.04. The van der Waals surface area contributed by atoms with Crippen molar-refractivity contribution in [1.29, 1.82) is 0 Å². The van der Waals surface area contributed by atoms with Gasteiger partial charge in [0, 0.05) is 26.0 Å². The van der Waals surface area contributed by atoms with Gasteiger partial charge in [0.05, 0.1) is 23.9 Å². The molecule has 5 nitrogen and oxygen atoms in total. The third kappa shape index (κ3) is 2.94. The number of amidine groups is 1. The van der Waals surface area contributed by atoms with Gasteiger partial charge in [-0.05, 0) is 37.0 Å². The zero-order chi connectivity index (χ0) is 17.3. The van der Waals surface area contributed by atoms with Crippen molar-refractivity contribution in [3.8, 4) is 0 Å². The Bertz CT molecular complexity index is 735. The van der Waals surface area contributed by atoms with Crippen LogP contribution in [-0.4, -0.2) is 36.7 Å². The summed E-state index contributed by atoms with van der Waals surface area (Å²) in [5.41, 5.74) is 3.48. The van der Waals surface area contributed by atoms with Crippen LogP contribution >= 0.6 is 11.8 Å². The van der Waals surface area contributed by atoms with Crippen molar-refractivity contribution in [2.75, 3.05) is 25.6 Å². The smallest absolute Gasteiger partial charge is 0.338 e. The van der Waals surface area contributed by atoms with Gasteiger partial charge in [-0.15, -0.1) is 0 Å². The number of ether oxygens (including phenoxy) is 1. The first-order chi connectivity index (χ1) is 11.5. The summed E-state index contributed by atoms with van der Waals surface area (Å²) in [4.78, 5) is 21.2. The first kappa shape index (κ1) is 16.6. The fourth-order valence-electron chi connectivity index (χ4n) is 2.85. The molecule has 1 aromatic carbocycles. The number of carbonyl (C=O) groups is 1. The highest BCUT2D eigenvalue weighted by Gasteiger charge is 2.37. The standard InChI is InChI=1S/C18H21N3O2S/c1-5-23-17(22)15-12(2)19-18-21(10-11-24-18)16(15)13-6-8-14(9-7-13)20(3)4/h6-11,16H,5H2,1-4H3. The molecule has 0 fully saturated rings. The summed E-state index contributed by atoms with van der Waals surface area (Å²) in [7, 11) is 4.02. The minimum atomic E-state index is -0.301. The molecule has 2 aliphatic rings. The monoisotopic (exact) mass is 343 g/mol. The van der Waals surface area contributed by atoms with E-state index in [2.05, 4.69) is 34.2 Å². The molecule has 6 heteroatoms. The van der Waals surface area contributed by atoms with Crippen LogP contribution in [0.4, 0.5) is 5.69 Å². The van der Waals surface area contributed by atoms with Crippen LogP contribution < -0.4 is 4.90 Å². The van der Waals surface area contributed by atoms with Crippen LogP contribution in [0.3, 0.4) is 0 Å². The first-order valence-electron chi connectivity index (χ1n) is 7.88. The number of carbonyl (C=O) groups excluding carboxylic acids is 1. The third-order valence-corrected chi connectivity index (χ3v) is 4.81. The van der Waals surface area contributed by atoms with Crippen LogP contribution in [0.2, 0.25) is 0 Å². The van der Waals surface area contributed by atoms with E-state index in [1.54, 1.807) is 11.8 Å². The van der Waals surface area contributed by atoms with Crippen LogP contribution in [0.15, 0.2) is 52.1 Å². The maximum Gasteiger partial charge on any atom is 0.338 e. The average Bonchev–Trinajstić information content (AvgIpc) is 3.01. The molecule has 0 saturated carbocycles. The van der Waals surface area contributed by atoms with E-state index < -0.39 is 0 Å². The van der Waals surface area contributed by atoms with E-state index in [0.717, 1.165) is 22.1 Å². The Labute approximate surface area is 146 Å². The van der Waals surface area contributed by atoms with Crippen molar-refractivity contribution in [1.82, 2.24) is 4.90 Å². The Hall–Kier alpha value is -2.21. The van der Waals surface area contributed by atoms with E-state index >= 15 is 0 Å². The second kappa shape index (κ2) is 6.73. The highest BCUT2D eigenvalue weighted by molar-refractivity contribution is 8.16. The molecule has 0 N–H and O–H groups in total. The van der Waals surface area contributed by atoms with Crippen LogP contribution in [0.25, 0.3) is 0 Å². The predicted octanol–water partition coefficient (Wildman–Crippen LogP) is 3.52. The molecule has 0 saturated heterocycles. The van der Waals surface area contributed by atoms with E-state index in [-0.39, 0.29) is 12.0 Å². The molecule has 126 valence electrons. The normalized spacial score (nSPS) is 19.2. The lowest BCUT2D eigenvalue weighted by Gasteiger charge is -2.33. The molecule has 2 heterocycles. The van der Waals surface area contributed by atoms with Crippen molar-refractivity contribution in [3.05, 3.63) is 52.7 Å². The molecule has 0 spiro atoms. The molecular formula is C18H21N3O2S. The summed E-state index contributed by atoms with van der Waals surface area (Å²) in [5, 5.41) is 2.88. The first-order valence-corrected chi connectivity index (χ1v) is 8.76. The second-order valence-corrected chi connectivity index (χ2v) is 6.69. The molecule has 3 rings (SSSR count). The van der Waals surface area contributed by atoms with E-state index in [0.29, 0.717) is 12.2 Å². The highest BCUT2D eigenvalue weighted by atomic mass is 32.2. The Balaban J connectivity index is 2.05. The van der Waals surface area contributed by atoms with Gasteiger partial charge in [-0.1, -0.05) is 23.9 Å². The Morgan fingerprint density at radius 1 is 1.33 bits per heavy atom. The molecule has 1 aromatic rings. The average molecular weight is 343 g/mol. The second-order valence-electron chi connectivity index (χ2n) is 5.81. The van der Waals surface area contributed by atoms with Crippen LogP contribution in [0.5, 0.6) is 0 Å². The van der Waals surface area contributed by atoms with Gasteiger partial charge in [-0.3, -0.25) is 0 Å². The van der Waals surface area contributed by atoms with Crippen LogP contribution in [0, 0.1) is 0 Å². The Morgan fingerprint density at radius 3 is 2.67 bits per heavy atom. The minimum Gasteiger partial charge on any atom is -0.463 e. The van der Waals surface area contributed by atoms with Crippen LogP contribution in [0.1, 0.15) is 25.5 Å². The van der Waals surface area contributed by atoms with Gasteiger partial charge in [-0.2, -0.15) is 0 Å². The zero-order valence-electron chi connectivity index (χ0n) is 14.3. The number of thioether (sulfide) groups is 1. The van der Waals surface area contributed by atoms with Gasteiger partial charge in [0.1, 0.15) is 0 Å². The fourth-order valence-corrected chi connectivity index (χ4v) is 3.64. The van der Waals surface area contributed by atoms with Gasteiger partial charge >= 0.3 is 5.97 Å². The van der Waals surface area contributed by atoms with E-state index in [4.69, 9.17) is 4.74 Å². The largest absolute Gasteiger partial charge is 0.463 e. The Kier molecular flexibility index (Phi) is 4.66. The molecule has 0 aliphatic carbocycles. The van der Waals surface area contributed by atoms with Gasteiger partial charge in [0.2, 0.25) is 0 Å². The lowest BCUT2D eigenvalue weighted by Crippen LogP contribution is -2.34. The molecule has 0 radical (unpaired) electrons. The van der Waals surface area contributed by atoms with E-state index in [9.17, 15) is 4.79 Å². The van der Waals surface area contributed by atoms with Gasteiger partial charge < -0.3 is 14.5 Å². The molecule has 24 heavy (non-hydrogen) atoms. The number of aliphatic imine (C=N–C) groups is 1. The minimum absolute atomic E-state index is 0.209. The molecule has 0 bridgehead atoms. The van der Waals surface area contributed by atoms with Gasteiger partial charge in [-0.25, -0.2) is 9.79 Å². The number of nitrogens with zero attached hydrogens (tertiary/aromatic N) is 3. The number of anilines is 1. The molecule has 1 atom stereocenters. The molecular weight excluding hydrogens is 322 g/mol. The number of hydrogen-bond acceptors (Lipinski definition) is 6. The number of hydrogen-bond donors (Lipinski definition) is 0.